The minimum atomic E-state index is -0.166. The van der Waals surface area contributed by atoms with Crippen molar-refractivity contribution in [2.75, 3.05) is 13.2 Å². The van der Waals surface area contributed by atoms with E-state index in [0.29, 0.717) is 11.3 Å². The first-order chi connectivity index (χ1) is 15.1. The Bertz CT molecular complexity index is 901. The number of hydrogen-bond donors (Lipinski definition) is 1. The first-order valence-corrected chi connectivity index (χ1v) is 11.9. The van der Waals surface area contributed by atoms with Crippen molar-refractivity contribution in [1.82, 2.24) is 5.32 Å². The van der Waals surface area contributed by atoms with E-state index in [2.05, 4.69) is 23.5 Å². The normalized spacial score (nSPS) is 31.3. The summed E-state index contributed by atoms with van der Waals surface area (Å²) < 4.78 is 12.7. The zero-order valence-electron chi connectivity index (χ0n) is 18.4. The Kier molecular flexibility index (Phi) is 5.51. The maximum Gasteiger partial charge on any atom is 0.223 e. The molecule has 4 aliphatic rings. The molecule has 164 valence electrons. The second kappa shape index (κ2) is 8.31. The summed E-state index contributed by atoms with van der Waals surface area (Å²) in [5, 5.41) is 2.98. The Hall–Kier alpha value is -2.33. The summed E-state index contributed by atoms with van der Waals surface area (Å²) in [4.78, 5) is 12.0. The number of fused-ring (bicyclic) bond motifs is 3. The number of nitrogens with one attached hydrogen (secondary N) is 1. The molecule has 2 atom stereocenters. The standard InChI is InChI=1S/C27H33NO3/c1-2-28-25(29)24-17-20(24)11-12-26-13-15-27(16-14-26,30-19-26)21-7-6-10-23(18-21)31-22-8-4-3-5-9-22/h3-10,18,20,24H,2,11-17,19H2,1H3,(H,28,29). The van der Waals surface area contributed by atoms with Gasteiger partial charge >= 0.3 is 0 Å². The summed E-state index contributed by atoms with van der Waals surface area (Å²) in [5.74, 6) is 2.83. The van der Waals surface area contributed by atoms with E-state index in [1.165, 1.54) is 31.2 Å². The lowest BCUT2D eigenvalue weighted by atomic mass is 9.62. The number of ether oxygens (including phenoxy) is 2. The number of amides is 1. The van der Waals surface area contributed by atoms with Gasteiger partial charge in [-0.3, -0.25) is 4.79 Å². The van der Waals surface area contributed by atoms with Gasteiger partial charge in [-0.1, -0.05) is 30.3 Å². The highest BCUT2D eigenvalue weighted by Crippen LogP contribution is 2.57. The molecule has 2 saturated carbocycles. The summed E-state index contributed by atoms with van der Waals surface area (Å²) in [5.41, 5.74) is 1.39. The van der Waals surface area contributed by atoms with Crippen LogP contribution < -0.4 is 10.1 Å². The lowest BCUT2D eigenvalue weighted by Gasteiger charge is -2.53. The minimum absolute atomic E-state index is 0.166. The van der Waals surface area contributed by atoms with E-state index in [-0.39, 0.29) is 17.4 Å². The average Bonchev–Trinajstić information content (AvgIpc) is 3.60. The largest absolute Gasteiger partial charge is 0.457 e. The summed E-state index contributed by atoms with van der Waals surface area (Å²) in [6, 6.07) is 18.4. The Labute approximate surface area is 185 Å². The zero-order valence-corrected chi connectivity index (χ0v) is 18.4. The van der Waals surface area contributed by atoms with Gasteiger partial charge in [0.2, 0.25) is 5.91 Å². The fourth-order valence-corrected chi connectivity index (χ4v) is 5.61. The molecule has 31 heavy (non-hydrogen) atoms. The highest BCUT2D eigenvalue weighted by molar-refractivity contribution is 5.81. The highest BCUT2D eigenvalue weighted by Gasteiger charge is 2.51. The van der Waals surface area contributed by atoms with Crippen LogP contribution in [0.3, 0.4) is 0 Å². The van der Waals surface area contributed by atoms with Crippen LogP contribution in [0.25, 0.3) is 0 Å². The maximum absolute atomic E-state index is 12.0. The van der Waals surface area contributed by atoms with Crippen molar-refractivity contribution in [2.45, 2.75) is 57.5 Å². The number of hydrogen-bond acceptors (Lipinski definition) is 3. The van der Waals surface area contributed by atoms with Gasteiger partial charge in [0.05, 0.1) is 12.2 Å². The third kappa shape index (κ3) is 4.23. The van der Waals surface area contributed by atoms with Gasteiger partial charge in [-0.2, -0.15) is 0 Å². The van der Waals surface area contributed by atoms with Gasteiger partial charge in [0.1, 0.15) is 11.5 Å². The predicted molar refractivity (Wildman–Crippen MR) is 121 cm³/mol. The lowest BCUT2D eigenvalue weighted by molar-refractivity contribution is -0.192. The van der Waals surface area contributed by atoms with Crippen LogP contribution in [0.1, 0.15) is 57.4 Å². The summed E-state index contributed by atoms with van der Waals surface area (Å²) in [7, 11) is 0. The van der Waals surface area contributed by atoms with Crippen molar-refractivity contribution in [1.29, 1.82) is 0 Å². The summed E-state index contributed by atoms with van der Waals surface area (Å²) in [6.07, 6.45) is 8.02. The van der Waals surface area contributed by atoms with E-state index in [0.717, 1.165) is 43.9 Å². The van der Waals surface area contributed by atoms with Gasteiger partial charge in [0.25, 0.3) is 0 Å². The van der Waals surface area contributed by atoms with Gasteiger partial charge in [0, 0.05) is 12.5 Å². The number of para-hydroxylation sites is 1. The molecule has 4 nitrogen and oxygen atoms in total. The van der Waals surface area contributed by atoms with E-state index in [4.69, 9.17) is 9.47 Å². The monoisotopic (exact) mass is 419 g/mol. The number of benzene rings is 2. The molecule has 1 amide bonds. The predicted octanol–water partition coefficient (Wildman–Crippen LogP) is 5.82. The van der Waals surface area contributed by atoms with E-state index >= 15 is 0 Å². The molecule has 2 unspecified atom stereocenters. The van der Waals surface area contributed by atoms with Gasteiger partial charge in [-0.05, 0) is 93.0 Å². The molecule has 6 rings (SSSR count). The molecule has 2 aliphatic carbocycles. The Balaban J connectivity index is 1.19. The first-order valence-electron chi connectivity index (χ1n) is 11.9. The molecule has 2 saturated heterocycles. The van der Waals surface area contributed by atoms with Crippen molar-refractivity contribution in [3.63, 3.8) is 0 Å². The van der Waals surface area contributed by atoms with E-state index in [9.17, 15) is 4.79 Å². The number of rotatable bonds is 8. The van der Waals surface area contributed by atoms with Crippen LogP contribution in [-0.4, -0.2) is 19.1 Å². The molecular weight excluding hydrogens is 386 g/mol. The Morgan fingerprint density at radius 2 is 1.84 bits per heavy atom. The van der Waals surface area contributed by atoms with Crippen LogP contribution in [0.2, 0.25) is 0 Å². The van der Waals surface area contributed by atoms with Crippen molar-refractivity contribution in [3.05, 3.63) is 60.2 Å². The molecule has 4 fully saturated rings. The molecular formula is C27H33NO3. The summed E-state index contributed by atoms with van der Waals surface area (Å²) >= 11 is 0. The zero-order chi connectivity index (χ0) is 21.3. The van der Waals surface area contributed by atoms with Gasteiger partial charge in [-0.25, -0.2) is 0 Å². The van der Waals surface area contributed by atoms with Crippen LogP contribution in [0.5, 0.6) is 11.5 Å². The second-order valence-electron chi connectivity index (χ2n) is 9.76. The summed E-state index contributed by atoms with van der Waals surface area (Å²) in [6.45, 7) is 3.57. The van der Waals surface area contributed by atoms with Crippen LogP contribution >= 0.6 is 0 Å². The van der Waals surface area contributed by atoms with E-state index in [1.54, 1.807) is 0 Å². The topological polar surface area (TPSA) is 47.6 Å². The van der Waals surface area contributed by atoms with Crippen molar-refractivity contribution in [3.8, 4) is 11.5 Å². The molecule has 2 aliphatic heterocycles. The molecule has 2 heterocycles. The van der Waals surface area contributed by atoms with Crippen molar-refractivity contribution in [2.24, 2.45) is 17.3 Å². The smallest absolute Gasteiger partial charge is 0.223 e. The fourth-order valence-electron chi connectivity index (χ4n) is 5.61. The molecule has 2 aromatic rings. The Morgan fingerprint density at radius 1 is 1.06 bits per heavy atom. The Morgan fingerprint density at radius 3 is 2.55 bits per heavy atom. The lowest BCUT2D eigenvalue weighted by Crippen LogP contribution is -2.49. The molecule has 2 aromatic carbocycles. The first kappa shape index (κ1) is 20.6. The minimum Gasteiger partial charge on any atom is -0.457 e. The second-order valence-corrected chi connectivity index (χ2v) is 9.76. The molecule has 0 radical (unpaired) electrons. The SMILES string of the molecule is CCNC(=O)C1CC1CCC12CCC(c3cccc(Oc4ccccc4)c3)(CC1)OC2. The van der Waals surface area contributed by atoms with Crippen LogP contribution in [0.15, 0.2) is 54.6 Å². The fraction of sp³-hybridized carbons (Fsp3) is 0.519. The third-order valence-electron chi connectivity index (χ3n) is 7.77. The maximum atomic E-state index is 12.0. The van der Waals surface area contributed by atoms with Crippen LogP contribution in [0, 0.1) is 17.3 Å². The van der Waals surface area contributed by atoms with Crippen LogP contribution in [0.4, 0.5) is 0 Å². The van der Waals surface area contributed by atoms with Gasteiger partial charge < -0.3 is 14.8 Å². The molecule has 0 spiro atoms. The number of carbonyl (C=O) groups excluding carboxylic acids is 1. The molecule has 4 heteroatoms. The number of carbonyl (C=O) groups is 1. The highest BCUT2D eigenvalue weighted by atomic mass is 16.5. The van der Waals surface area contributed by atoms with Crippen molar-refractivity contribution < 1.29 is 14.3 Å². The van der Waals surface area contributed by atoms with Crippen LogP contribution in [-0.2, 0) is 15.1 Å². The quantitative estimate of drug-likeness (QED) is 0.587. The van der Waals surface area contributed by atoms with E-state index in [1.807, 2.05) is 43.3 Å². The average molecular weight is 420 g/mol. The molecule has 2 bridgehead atoms. The van der Waals surface area contributed by atoms with Gasteiger partial charge in [0.15, 0.2) is 0 Å². The van der Waals surface area contributed by atoms with E-state index < -0.39 is 0 Å². The third-order valence-corrected chi connectivity index (χ3v) is 7.77. The van der Waals surface area contributed by atoms with Gasteiger partial charge in [-0.15, -0.1) is 0 Å². The molecule has 1 N–H and O–H groups in total. The molecule has 0 aromatic heterocycles. The van der Waals surface area contributed by atoms with Crippen molar-refractivity contribution >= 4 is 5.91 Å².